The molecule has 0 spiro atoms. The summed E-state index contributed by atoms with van der Waals surface area (Å²) in [6.07, 6.45) is 3.63. The highest BCUT2D eigenvalue weighted by Gasteiger charge is 2.47. The minimum atomic E-state index is -2.79. The number of rotatable bonds is 8. The lowest BCUT2D eigenvalue weighted by Gasteiger charge is -2.46. The minimum Gasteiger partial charge on any atom is -0.460 e. The molecule has 2 unspecified atom stereocenters. The molecule has 3 aliphatic rings. The number of imide groups is 1. The van der Waals surface area contributed by atoms with Crippen LogP contribution in [0.1, 0.15) is 77.2 Å². The van der Waals surface area contributed by atoms with Crippen molar-refractivity contribution in [2.45, 2.75) is 95.2 Å². The van der Waals surface area contributed by atoms with Crippen LogP contribution in [0.2, 0.25) is 0 Å². The predicted octanol–water partition coefficient (Wildman–Crippen LogP) is 3.91. The fourth-order valence-corrected chi connectivity index (χ4v) is 5.91. The molecule has 3 fully saturated rings. The maximum atomic E-state index is 15.2. The molecule has 2 atom stereocenters. The largest absolute Gasteiger partial charge is 0.460 e. The molecule has 8 nitrogen and oxygen atoms in total. The molecule has 39 heavy (non-hydrogen) atoms. The molecule has 0 aliphatic carbocycles. The molecule has 216 valence electrons. The smallest absolute Gasteiger partial charge is 0.306 e. The van der Waals surface area contributed by atoms with Crippen LogP contribution >= 0.6 is 0 Å². The number of nitrogens with zero attached hydrogens (tertiary/aromatic N) is 2. The molecule has 3 aliphatic heterocycles. The van der Waals surface area contributed by atoms with Gasteiger partial charge in [-0.25, -0.2) is 8.78 Å². The molecule has 1 aromatic rings. The van der Waals surface area contributed by atoms with Gasteiger partial charge >= 0.3 is 5.97 Å². The van der Waals surface area contributed by atoms with Crippen LogP contribution in [0.15, 0.2) is 24.3 Å². The number of alkyl halides is 2. The number of carbonyl (C=O) groups is 3. The highest BCUT2D eigenvalue weighted by Crippen LogP contribution is 2.36. The van der Waals surface area contributed by atoms with E-state index < -0.39 is 23.6 Å². The van der Waals surface area contributed by atoms with Crippen molar-refractivity contribution in [1.82, 2.24) is 15.1 Å². The first kappa shape index (κ1) is 29.4. The van der Waals surface area contributed by atoms with Gasteiger partial charge in [-0.15, -0.1) is 0 Å². The standard InChI is InChI=1S/C29H42F2N4O4/c1-28(2,3)39-26(37)5-4-15-34-16-14-24(29(30,31)19-34)35-17-12-21(13-18-35)20-6-8-22(9-7-20)32-23-10-11-25(36)33-27(23)38/h6-9,21,23-24,32H,4-5,10-19H2,1-3H3,(H,33,36,38). The van der Waals surface area contributed by atoms with E-state index in [2.05, 4.69) is 10.6 Å². The fourth-order valence-electron chi connectivity index (χ4n) is 5.91. The highest BCUT2D eigenvalue weighted by atomic mass is 19.3. The van der Waals surface area contributed by atoms with Gasteiger partial charge in [-0.1, -0.05) is 12.1 Å². The van der Waals surface area contributed by atoms with E-state index in [-0.39, 0.29) is 30.7 Å². The van der Waals surface area contributed by atoms with Crippen molar-refractivity contribution < 1.29 is 27.9 Å². The van der Waals surface area contributed by atoms with Crippen LogP contribution < -0.4 is 10.6 Å². The molecule has 0 saturated carbocycles. The van der Waals surface area contributed by atoms with Crippen LogP contribution in [0.25, 0.3) is 0 Å². The third kappa shape index (κ3) is 8.20. The second-order valence-electron chi connectivity index (χ2n) is 12.1. The maximum Gasteiger partial charge on any atom is 0.306 e. The molecular weight excluding hydrogens is 506 g/mol. The first-order valence-electron chi connectivity index (χ1n) is 14.2. The second-order valence-corrected chi connectivity index (χ2v) is 12.1. The normalized spacial score (nSPS) is 25.3. The number of halogens is 2. The van der Waals surface area contributed by atoms with Crippen molar-refractivity contribution >= 4 is 23.5 Å². The van der Waals surface area contributed by atoms with Crippen molar-refractivity contribution in [2.24, 2.45) is 0 Å². The zero-order chi connectivity index (χ0) is 28.2. The van der Waals surface area contributed by atoms with Gasteiger partial charge in [0.2, 0.25) is 11.8 Å². The van der Waals surface area contributed by atoms with Crippen molar-refractivity contribution in [3.8, 4) is 0 Å². The zero-order valence-electron chi connectivity index (χ0n) is 23.3. The number of benzene rings is 1. The molecule has 3 heterocycles. The lowest BCUT2D eigenvalue weighted by atomic mass is 9.87. The van der Waals surface area contributed by atoms with E-state index in [4.69, 9.17) is 4.74 Å². The van der Waals surface area contributed by atoms with Gasteiger partial charge in [0.15, 0.2) is 0 Å². The van der Waals surface area contributed by atoms with Crippen LogP contribution in [-0.2, 0) is 19.1 Å². The monoisotopic (exact) mass is 548 g/mol. The zero-order valence-corrected chi connectivity index (χ0v) is 23.3. The van der Waals surface area contributed by atoms with E-state index in [1.165, 1.54) is 5.56 Å². The highest BCUT2D eigenvalue weighted by molar-refractivity contribution is 6.01. The summed E-state index contributed by atoms with van der Waals surface area (Å²) >= 11 is 0. The molecule has 1 aromatic carbocycles. The van der Waals surface area contributed by atoms with E-state index in [9.17, 15) is 14.4 Å². The first-order valence-corrected chi connectivity index (χ1v) is 14.2. The van der Waals surface area contributed by atoms with Crippen molar-refractivity contribution in [3.05, 3.63) is 29.8 Å². The van der Waals surface area contributed by atoms with Gasteiger partial charge in [0.1, 0.15) is 11.6 Å². The second kappa shape index (κ2) is 12.3. The van der Waals surface area contributed by atoms with Crippen LogP contribution in [0.4, 0.5) is 14.5 Å². The summed E-state index contributed by atoms with van der Waals surface area (Å²) in [5.74, 6) is -3.30. The van der Waals surface area contributed by atoms with Crippen molar-refractivity contribution in [3.63, 3.8) is 0 Å². The lowest BCUT2D eigenvalue weighted by Crippen LogP contribution is -2.59. The van der Waals surface area contributed by atoms with Gasteiger partial charge in [-0.05, 0) is 96.1 Å². The molecule has 2 N–H and O–H groups in total. The Kier molecular flexibility index (Phi) is 9.26. The topological polar surface area (TPSA) is 91.0 Å². The van der Waals surface area contributed by atoms with Gasteiger partial charge in [0, 0.05) is 25.1 Å². The molecule has 0 bridgehead atoms. The van der Waals surface area contributed by atoms with E-state index in [1.807, 2.05) is 49.9 Å². The number of anilines is 1. The lowest BCUT2D eigenvalue weighted by molar-refractivity contribution is -0.155. The van der Waals surface area contributed by atoms with Gasteiger partial charge in [0.25, 0.3) is 5.92 Å². The third-order valence-electron chi connectivity index (χ3n) is 7.85. The molecule has 4 rings (SSSR count). The summed E-state index contributed by atoms with van der Waals surface area (Å²) in [6.45, 7) is 7.54. The number of nitrogens with one attached hydrogen (secondary N) is 2. The number of hydrogen-bond acceptors (Lipinski definition) is 7. The molecular formula is C29H42F2N4O4. The Bertz CT molecular complexity index is 1020. The third-order valence-corrected chi connectivity index (χ3v) is 7.85. The SMILES string of the molecule is CC(C)(C)OC(=O)CCCN1CCC(N2CCC(c3ccc(NC4CCC(=O)NC4=O)cc3)CC2)C(F)(F)C1. The molecule has 0 aromatic heterocycles. The number of carbonyl (C=O) groups excluding carboxylic acids is 3. The van der Waals surface area contributed by atoms with Crippen LogP contribution in [-0.4, -0.2) is 83.9 Å². The average Bonchev–Trinajstić information content (AvgIpc) is 2.85. The molecule has 3 saturated heterocycles. The van der Waals surface area contributed by atoms with E-state index in [0.29, 0.717) is 57.8 Å². The van der Waals surface area contributed by atoms with Crippen molar-refractivity contribution in [1.29, 1.82) is 0 Å². The molecule has 2 amide bonds. The average molecular weight is 549 g/mol. The number of piperidine rings is 3. The van der Waals surface area contributed by atoms with Gasteiger partial charge in [-0.3, -0.25) is 29.5 Å². The molecule has 0 radical (unpaired) electrons. The van der Waals surface area contributed by atoms with Gasteiger partial charge in [-0.2, -0.15) is 0 Å². The summed E-state index contributed by atoms with van der Waals surface area (Å²) in [6, 6.07) is 6.80. The number of hydrogen-bond donors (Lipinski definition) is 2. The van der Waals surface area contributed by atoms with Crippen LogP contribution in [0.3, 0.4) is 0 Å². The van der Waals surface area contributed by atoms with E-state index in [0.717, 1.165) is 18.5 Å². The van der Waals surface area contributed by atoms with Gasteiger partial charge in [0.05, 0.1) is 12.6 Å². The minimum absolute atomic E-state index is 0.238. The Hall–Kier alpha value is -2.59. The summed E-state index contributed by atoms with van der Waals surface area (Å²) in [4.78, 5) is 39.0. The van der Waals surface area contributed by atoms with Crippen LogP contribution in [0.5, 0.6) is 0 Å². The maximum absolute atomic E-state index is 15.2. The summed E-state index contributed by atoms with van der Waals surface area (Å²) in [5, 5.41) is 5.54. The number of ether oxygens (including phenoxy) is 1. The van der Waals surface area contributed by atoms with Gasteiger partial charge < -0.3 is 10.1 Å². The summed E-state index contributed by atoms with van der Waals surface area (Å²) < 4.78 is 35.7. The Morgan fingerprint density at radius 3 is 2.38 bits per heavy atom. The van der Waals surface area contributed by atoms with E-state index in [1.54, 1.807) is 4.90 Å². The molecule has 10 heteroatoms. The predicted molar refractivity (Wildman–Crippen MR) is 145 cm³/mol. The fraction of sp³-hybridized carbons (Fsp3) is 0.690. The summed E-state index contributed by atoms with van der Waals surface area (Å²) in [7, 11) is 0. The quantitative estimate of drug-likeness (QED) is 0.376. The van der Waals surface area contributed by atoms with E-state index >= 15 is 8.78 Å². The van der Waals surface area contributed by atoms with Crippen LogP contribution in [0, 0.1) is 0 Å². The summed E-state index contributed by atoms with van der Waals surface area (Å²) in [5.41, 5.74) is 1.46. The number of amides is 2. The number of esters is 1. The Morgan fingerprint density at radius 2 is 1.77 bits per heavy atom. The van der Waals surface area contributed by atoms with Crippen molar-refractivity contribution in [2.75, 3.05) is 38.0 Å². The Morgan fingerprint density at radius 1 is 1.08 bits per heavy atom. The Labute approximate surface area is 229 Å². The first-order chi connectivity index (χ1) is 18.4. The number of likely N-dealkylation sites (tertiary alicyclic amines) is 2. The Balaban J connectivity index is 1.21.